The summed E-state index contributed by atoms with van der Waals surface area (Å²) >= 11 is 0. The Morgan fingerprint density at radius 3 is 2.02 bits per heavy atom. The van der Waals surface area contributed by atoms with E-state index in [4.69, 9.17) is 4.74 Å². The second kappa shape index (κ2) is 10.4. The minimum Gasteiger partial charge on any atom is -0.457 e. The number of allylic oxidation sites excluding steroid dienone is 1. The normalized spacial score (nSPS) is 18.3. The second-order valence-electron chi connectivity index (χ2n) is 17.2. The van der Waals surface area contributed by atoms with Gasteiger partial charge in [-0.2, -0.15) is 0 Å². The van der Waals surface area contributed by atoms with E-state index in [0.717, 1.165) is 52.4 Å². The van der Waals surface area contributed by atoms with Gasteiger partial charge in [0.1, 0.15) is 16.9 Å². The lowest BCUT2D eigenvalue weighted by Crippen LogP contribution is -2.60. The van der Waals surface area contributed by atoms with Crippen LogP contribution in [0.5, 0.6) is 11.5 Å². The first-order valence-corrected chi connectivity index (χ1v) is 19.4. The van der Waals surface area contributed by atoms with Gasteiger partial charge in [0.25, 0.3) is 5.91 Å². The predicted octanol–water partition coefficient (Wildman–Crippen LogP) is 9.94. The van der Waals surface area contributed by atoms with Gasteiger partial charge in [-0.3, -0.25) is 9.69 Å². The lowest BCUT2D eigenvalue weighted by atomic mass is 9.31. The molecule has 4 heteroatoms. The standard InChI is InChI=1S/C49H42BNO2/c1-29-21-24-36-42-41(29)30(2)27-38-44(42)51(46(52)49(36)34-17-9-11-19-39(34)53-40-20-12-10-18-35(40)49)43-33-23-22-31(47(3,4)5)28-37(33)48(25-13-14-26-48)45(43)50(38)32-15-7-6-8-16-32/h6-12,15-24,27-28H,13-14,25-26H2,1-5H3. The van der Waals surface area contributed by atoms with Crippen molar-refractivity contribution >= 4 is 45.7 Å². The van der Waals surface area contributed by atoms with Crippen molar-refractivity contribution in [2.45, 2.75) is 76.5 Å². The van der Waals surface area contributed by atoms with Crippen LogP contribution in [0.4, 0.5) is 5.69 Å². The fourth-order valence-corrected chi connectivity index (χ4v) is 11.3. The highest BCUT2D eigenvalue weighted by atomic mass is 16.5. The van der Waals surface area contributed by atoms with E-state index in [1.807, 2.05) is 24.3 Å². The van der Waals surface area contributed by atoms with Gasteiger partial charge < -0.3 is 4.74 Å². The van der Waals surface area contributed by atoms with Crippen LogP contribution in [0.1, 0.15) is 91.0 Å². The number of fused-ring (bicyclic) bond motifs is 10. The maximum Gasteiger partial charge on any atom is 0.251 e. The SMILES string of the molecule is Cc1ccc2c3c4c(cc(C)c13)B(c1ccccc1)C1=C(c3ccc(C(C)(C)C)cc3C13CCCC3)N4C(=O)C21c2ccccc2Oc2ccccc21. The predicted molar refractivity (Wildman–Crippen MR) is 217 cm³/mol. The van der Waals surface area contributed by atoms with E-state index in [0.29, 0.717) is 0 Å². The molecule has 1 fully saturated rings. The van der Waals surface area contributed by atoms with Crippen molar-refractivity contribution < 1.29 is 9.53 Å². The number of hydrogen-bond donors (Lipinski definition) is 0. The fourth-order valence-electron chi connectivity index (χ4n) is 11.3. The highest BCUT2D eigenvalue weighted by molar-refractivity contribution is 6.94. The van der Waals surface area contributed by atoms with Crippen molar-refractivity contribution in [3.05, 3.63) is 165 Å². The van der Waals surface area contributed by atoms with E-state index < -0.39 is 5.41 Å². The Kier molecular flexibility index (Phi) is 6.13. The van der Waals surface area contributed by atoms with E-state index in [2.05, 4.69) is 131 Å². The number of amides is 1. The van der Waals surface area contributed by atoms with Crippen LogP contribution in [0.15, 0.2) is 121 Å². The number of rotatable bonds is 1. The average Bonchev–Trinajstić information content (AvgIpc) is 3.76. The van der Waals surface area contributed by atoms with Crippen LogP contribution < -0.4 is 20.6 Å². The van der Waals surface area contributed by atoms with Crippen LogP contribution >= 0.6 is 0 Å². The number of carbonyl (C=O) groups is 1. The molecule has 6 aromatic carbocycles. The molecular weight excluding hydrogens is 645 g/mol. The van der Waals surface area contributed by atoms with Crippen molar-refractivity contribution in [3.63, 3.8) is 0 Å². The Balaban J connectivity index is 1.35. The molecule has 3 aliphatic heterocycles. The van der Waals surface area contributed by atoms with E-state index in [1.54, 1.807) is 0 Å². The molecule has 5 aliphatic rings. The zero-order valence-electron chi connectivity index (χ0n) is 31.1. The molecule has 3 heterocycles. The van der Waals surface area contributed by atoms with Crippen LogP contribution in [0.25, 0.3) is 16.5 Å². The Morgan fingerprint density at radius 1 is 0.679 bits per heavy atom. The molecule has 6 aromatic rings. The van der Waals surface area contributed by atoms with Gasteiger partial charge in [-0.25, -0.2) is 0 Å². The van der Waals surface area contributed by atoms with E-state index >= 15 is 4.79 Å². The molecular formula is C49H42BNO2. The maximum atomic E-state index is 16.7. The van der Waals surface area contributed by atoms with Crippen molar-refractivity contribution in [1.29, 1.82) is 0 Å². The largest absolute Gasteiger partial charge is 0.457 e. The molecule has 3 nitrogen and oxygen atoms in total. The molecule has 0 bridgehead atoms. The Labute approximate surface area is 312 Å². The van der Waals surface area contributed by atoms with Gasteiger partial charge >= 0.3 is 0 Å². The molecule has 0 atom stereocenters. The number of hydrogen-bond acceptors (Lipinski definition) is 2. The summed E-state index contributed by atoms with van der Waals surface area (Å²) in [6, 6.07) is 41.8. The summed E-state index contributed by atoms with van der Waals surface area (Å²) in [5.41, 5.74) is 14.2. The van der Waals surface area contributed by atoms with Crippen LogP contribution in [0, 0.1) is 13.8 Å². The third-order valence-electron chi connectivity index (χ3n) is 13.5. The lowest BCUT2D eigenvalue weighted by molar-refractivity contribution is -0.121. The van der Waals surface area contributed by atoms with Crippen LogP contribution in [0.2, 0.25) is 0 Å². The Bertz CT molecular complexity index is 2590. The molecule has 0 radical (unpaired) electrons. The van der Waals surface area contributed by atoms with Gasteiger partial charge in [0.15, 0.2) is 0 Å². The first-order chi connectivity index (χ1) is 25.7. The summed E-state index contributed by atoms with van der Waals surface area (Å²) < 4.78 is 6.65. The van der Waals surface area contributed by atoms with Crippen molar-refractivity contribution in [2.24, 2.45) is 0 Å². The van der Waals surface area contributed by atoms with Gasteiger partial charge in [-0.1, -0.05) is 148 Å². The molecule has 11 rings (SSSR count). The molecule has 0 saturated heterocycles. The quantitative estimate of drug-likeness (QED) is 0.161. The Hall–Kier alpha value is -5.35. The van der Waals surface area contributed by atoms with E-state index in [9.17, 15) is 0 Å². The van der Waals surface area contributed by atoms with Crippen LogP contribution in [-0.2, 0) is 21.0 Å². The summed E-state index contributed by atoms with van der Waals surface area (Å²) in [6.07, 6.45) is 4.55. The molecule has 258 valence electrons. The zero-order chi connectivity index (χ0) is 36.0. The topological polar surface area (TPSA) is 29.5 Å². The summed E-state index contributed by atoms with van der Waals surface area (Å²) in [5, 5.41) is 2.44. The first-order valence-electron chi connectivity index (χ1n) is 19.4. The molecule has 0 N–H and O–H groups in total. The zero-order valence-corrected chi connectivity index (χ0v) is 31.1. The Morgan fingerprint density at radius 2 is 1.34 bits per heavy atom. The van der Waals surface area contributed by atoms with Crippen LogP contribution in [-0.4, -0.2) is 12.6 Å². The fraction of sp³-hybridized carbons (Fsp3) is 0.245. The summed E-state index contributed by atoms with van der Waals surface area (Å²) in [4.78, 5) is 18.9. The molecule has 1 saturated carbocycles. The van der Waals surface area contributed by atoms with Gasteiger partial charge in [-0.15, -0.1) is 0 Å². The molecule has 2 aliphatic carbocycles. The number of benzene rings is 6. The summed E-state index contributed by atoms with van der Waals surface area (Å²) in [6.45, 7) is 11.5. The van der Waals surface area contributed by atoms with Gasteiger partial charge in [-0.05, 0) is 82.9 Å². The van der Waals surface area contributed by atoms with E-state index in [-0.39, 0.29) is 23.4 Å². The van der Waals surface area contributed by atoms with Crippen molar-refractivity contribution in [1.82, 2.24) is 0 Å². The minimum absolute atomic E-state index is 0.0000221. The maximum absolute atomic E-state index is 16.7. The molecule has 0 unspecified atom stereocenters. The number of ether oxygens (including phenoxy) is 1. The monoisotopic (exact) mass is 687 g/mol. The first kappa shape index (κ1) is 31.2. The van der Waals surface area contributed by atoms with Crippen molar-refractivity contribution in [2.75, 3.05) is 4.90 Å². The minimum atomic E-state index is -1.11. The van der Waals surface area contributed by atoms with Gasteiger partial charge in [0, 0.05) is 33.2 Å². The summed E-state index contributed by atoms with van der Waals surface area (Å²) in [5.74, 6) is 1.57. The van der Waals surface area contributed by atoms with Gasteiger partial charge in [0.05, 0.1) is 5.69 Å². The highest BCUT2D eigenvalue weighted by Gasteiger charge is 2.62. The third kappa shape index (κ3) is 3.74. The lowest BCUT2D eigenvalue weighted by Gasteiger charge is -2.50. The number of para-hydroxylation sites is 2. The number of carbonyl (C=O) groups excluding carboxylic acids is 1. The second-order valence-corrected chi connectivity index (χ2v) is 17.2. The van der Waals surface area contributed by atoms with E-state index in [1.165, 1.54) is 67.8 Å². The number of aryl methyl sites for hydroxylation is 2. The number of anilines is 1. The molecule has 2 spiro atoms. The average molecular weight is 688 g/mol. The van der Waals surface area contributed by atoms with Crippen LogP contribution in [0.3, 0.4) is 0 Å². The molecule has 0 aromatic heterocycles. The molecule has 53 heavy (non-hydrogen) atoms. The highest BCUT2D eigenvalue weighted by Crippen LogP contribution is 2.64. The molecule has 1 amide bonds. The summed E-state index contributed by atoms with van der Waals surface area (Å²) in [7, 11) is 0. The van der Waals surface area contributed by atoms with Gasteiger partial charge in [0.2, 0.25) is 6.71 Å². The third-order valence-corrected chi connectivity index (χ3v) is 13.5. The van der Waals surface area contributed by atoms with Crippen molar-refractivity contribution in [3.8, 4) is 11.5 Å². The smallest absolute Gasteiger partial charge is 0.251 e. The number of nitrogens with zero attached hydrogens (tertiary/aromatic N) is 1.